The van der Waals surface area contributed by atoms with E-state index in [9.17, 15) is 9.59 Å². The van der Waals surface area contributed by atoms with Gasteiger partial charge in [-0.15, -0.1) is 12.1 Å². The van der Waals surface area contributed by atoms with E-state index in [1.165, 1.54) is 0 Å². The largest absolute Gasteiger partial charge is 0.376 e. The maximum atomic E-state index is 11.5. The quantitative estimate of drug-likeness (QED) is 0.536. The summed E-state index contributed by atoms with van der Waals surface area (Å²) in [6.07, 6.45) is 5.78. The first-order chi connectivity index (χ1) is 9.79. The first-order valence-electron chi connectivity index (χ1n) is 6.64. The molecule has 2 aromatic rings. The molecule has 22 heavy (non-hydrogen) atoms. The molecule has 1 aliphatic rings. The number of carbonyl (C=O) groups is 1. The Balaban J connectivity index is 0.000000393. The van der Waals surface area contributed by atoms with Gasteiger partial charge in [0.1, 0.15) is 0 Å². The van der Waals surface area contributed by atoms with Gasteiger partial charge in [0, 0.05) is 71.0 Å². The third-order valence-corrected chi connectivity index (χ3v) is 3.00. The van der Waals surface area contributed by atoms with Crippen molar-refractivity contribution in [1.82, 2.24) is 0 Å². The number of hydrogen-bond donors (Lipinski definition) is 0. The normalized spacial score (nSPS) is 14.3. The zero-order valence-electron chi connectivity index (χ0n) is 12.3. The van der Waals surface area contributed by atoms with E-state index in [2.05, 4.69) is 6.42 Å². The molecule has 0 saturated heterocycles. The molecule has 0 amide bonds. The van der Waals surface area contributed by atoms with Gasteiger partial charge < -0.3 is 11.2 Å². The Morgan fingerprint density at radius 3 is 1.91 bits per heavy atom. The van der Waals surface area contributed by atoms with Crippen molar-refractivity contribution in [3.63, 3.8) is 0 Å². The molecular formula is C18H16O2Y2-2. The van der Waals surface area contributed by atoms with Crippen molar-refractivity contribution >= 4 is 12.1 Å². The van der Waals surface area contributed by atoms with Crippen LogP contribution in [-0.2, 0) is 70.2 Å². The van der Waals surface area contributed by atoms with Gasteiger partial charge in [-0.1, -0.05) is 36.4 Å². The predicted molar refractivity (Wildman–Crippen MR) is 79.0 cm³/mol. The molecule has 2 aromatic carbocycles. The van der Waals surface area contributed by atoms with Crippen molar-refractivity contribution in [3.05, 3.63) is 78.2 Å². The molecule has 0 N–H and O–H groups in total. The second-order valence-electron chi connectivity index (χ2n) is 4.69. The van der Waals surface area contributed by atoms with Gasteiger partial charge in [-0.05, 0) is 6.42 Å². The van der Waals surface area contributed by atoms with Crippen LogP contribution in [0, 0.1) is 12.3 Å². The molecule has 108 valence electrons. The molecule has 1 unspecified atom stereocenters. The number of Topliss-reactive ketones (excluding diaryl/α,β-unsaturated/α-hetero) is 1. The third kappa shape index (κ3) is 8.58. The smallest absolute Gasteiger partial charge is 0.160 e. The van der Waals surface area contributed by atoms with Crippen molar-refractivity contribution in [2.45, 2.75) is 12.8 Å². The summed E-state index contributed by atoms with van der Waals surface area (Å²) in [6.45, 7) is 0. The van der Waals surface area contributed by atoms with Crippen molar-refractivity contribution in [3.8, 4) is 0 Å². The number of benzene rings is 2. The predicted octanol–water partition coefficient (Wildman–Crippen LogP) is 3.62. The minimum atomic E-state index is 0. The van der Waals surface area contributed by atoms with Crippen LogP contribution in [0.1, 0.15) is 28.8 Å². The zero-order valence-corrected chi connectivity index (χ0v) is 18.0. The molecular weight excluding hydrogens is 426 g/mol. The molecule has 1 fully saturated rings. The molecule has 2 nitrogen and oxygen atoms in total. The Hall–Kier alpha value is -0.0122. The van der Waals surface area contributed by atoms with Gasteiger partial charge >= 0.3 is 0 Å². The molecule has 2 radical (unpaired) electrons. The van der Waals surface area contributed by atoms with Gasteiger partial charge in [-0.25, -0.2) is 6.42 Å². The van der Waals surface area contributed by atoms with Crippen LogP contribution in [0.25, 0.3) is 0 Å². The minimum absolute atomic E-state index is 0. The maximum Gasteiger partial charge on any atom is 0.160 e. The fourth-order valence-electron chi connectivity index (χ4n) is 1.75. The summed E-state index contributed by atoms with van der Waals surface area (Å²) in [5.74, 6) is 0.840. The average molecular weight is 442 g/mol. The van der Waals surface area contributed by atoms with Crippen molar-refractivity contribution < 1.29 is 75.0 Å². The topological polar surface area (TPSA) is 34.1 Å². The molecule has 0 bridgehead atoms. The van der Waals surface area contributed by atoms with Gasteiger partial charge in [0.25, 0.3) is 0 Å². The Morgan fingerprint density at radius 2 is 1.50 bits per heavy atom. The molecule has 4 heteroatoms. The average Bonchev–Trinajstić information content (AvgIpc) is 3.33. The van der Waals surface area contributed by atoms with Gasteiger partial charge in [0.15, 0.2) is 5.78 Å². The van der Waals surface area contributed by atoms with Crippen LogP contribution in [0.5, 0.6) is 0 Å². The van der Waals surface area contributed by atoms with Gasteiger partial charge in [-0.2, -0.15) is 23.6 Å². The monoisotopic (exact) mass is 442 g/mol. The van der Waals surface area contributed by atoms with E-state index in [1.54, 1.807) is 30.6 Å². The van der Waals surface area contributed by atoms with Crippen LogP contribution in [0.15, 0.2) is 60.7 Å². The molecule has 0 heterocycles. The van der Waals surface area contributed by atoms with Crippen molar-refractivity contribution in [2.75, 3.05) is 0 Å². The van der Waals surface area contributed by atoms with Crippen LogP contribution < -0.4 is 0 Å². The first kappa shape index (κ1) is 22.0. The summed E-state index contributed by atoms with van der Waals surface area (Å²) in [5, 5.41) is 0. The molecule has 0 aromatic heterocycles. The summed E-state index contributed by atoms with van der Waals surface area (Å²) in [7, 11) is 0. The Morgan fingerprint density at radius 1 is 1.00 bits per heavy atom. The van der Waals surface area contributed by atoms with E-state index < -0.39 is 0 Å². The van der Waals surface area contributed by atoms with E-state index >= 15 is 0 Å². The van der Waals surface area contributed by atoms with Crippen LogP contribution in [0.3, 0.4) is 0 Å². The SMILES string of the molecule is O=C(CC1[CH-]C1)c1ccccc1.O=[C-]c1ccccc1.[Y].[Y]. The standard InChI is InChI=1S/C11H11O.C7H5O.2Y/c12-11(8-9-6-7-9)10-4-2-1-3-5-10;8-6-7-4-2-1-3-5-7;;/h1-6,9H,7-8H2;1-5H;;/q2*-1;;. The minimum Gasteiger partial charge on any atom is -0.376 e. The summed E-state index contributed by atoms with van der Waals surface area (Å²) >= 11 is 0. The molecule has 1 saturated carbocycles. The number of hydrogen-bond acceptors (Lipinski definition) is 2. The fourth-order valence-corrected chi connectivity index (χ4v) is 1.75. The van der Waals surface area contributed by atoms with Crippen LogP contribution >= 0.6 is 0 Å². The Kier molecular flexibility index (Phi) is 12.4. The van der Waals surface area contributed by atoms with E-state index in [4.69, 9.17) is 0 Å². The number of ketones is 1. The molecule has 0 spiro atoms. The molecule has 3 rings (SSSR count). The van der Waals surface area contributed by atoms with E-state index in [1.807, 2.05) is 36.4 Å². The van der Waals surface area contributed by atoms with E-state index in [0.29, 0.717) is 17.9 Å². The Bertz CT molecular complexity index is 552. The summed E-state index contributed by atoms with van der Waals surface area (Å²) in [6, 6.07) is 18.4. The van der Waals surface area contributed by atoms with Crippen molar-refractivity contribution in [2.24, 2.45) is 5.92 Å². The molecule has 1 aliphatic carbocycles. The van der Waals surface area contributed by atoms with Crippen LogP contribution in [0.2, 0.25) is 0 Å². The zero-order chi connectivity index (χ0) is 14.2. The van der Waals surface area contributed by atoms with E-state index in [0.717, 1.165) is 12.0 Å². The number of rotatable bonds is 4. The van der Waals surface area contributed by atoms with Crippen molar-refractivity contribution in [1.29, 1.82) is 0 Å². The van der Waals surface area contributed by atoms with Gasteiger partial charge in [0.05, 0.1) is 6.29 Å². The van der Waals surface area contributed by atoms with Crippen LogP contribution in [0.4, 0.5) is 0 Å². The number of carbonyl (C=O) groups excluding carboxylic acids is 2. The summed E-state index contributed by atoms with van der Waals surface area (Å²) in [5.41, 5.74) is 1.45. The third-order valence-electron chi connectivity index (χ3n) is 3.00. The van der Waals surface area contributed by atoms with Gasteiger partial charge in [0.2, 0.25) is 0 Å². The second-order valence-corrected chi connectivity index (χ2v) is 4.69. The fraction of sp³-hybridized carbons (Fsp3) is 0.167. The molecule has 1 atom stereocenters. The Labute approximate surface area is 182 Å². The summed E-state index contributed by atoms with van der Waals surface area (Å²) < 4.78 is 0. The van der Waals surface area contributed by atoms with E-state index in [-0.39, 0.29) is 71.2 Å². The molecule has 0 aliphatic heterocycles. The van der Waals surface area contributed by atoms with Gasteiger partial charge in [-0.3, -0.25) is 4.79 Å². The van der Waals surface area contributed by atoms with Crippen LogP contribution in [-0.4, -0.2) is 12.1 Å². The second kappa shape index (κ2) is 12.4. The maximum absolute atomic E-state index is 11.5. The summed E-state index contributed by atoms with van der Waals surface area (Å²) in [4.78, 5) is 21.4. The first-order valence-corrected chi connectivity index (χ1v) is 6.64.